The second-order valence-electron chi connectivity index (χ2n) is 3.52. The number of rotatable bonds is 2. The SMILES string of the molecule is Nc1cccc(-c2nnc(-c3cccs3)s2)c1. The van der Waals surface area contributed by atoms with Crippen molar-refractivity contribution in [1.82, 2.24) is 10.2 Å². The van der Waals surface area contributed by atoms with E-state index in [4.69, 9.17) is 5.73 Å². The van der Waals surface area contributed by atoms with Gasteiger partial charge in [-0.2, -0.15) is 0 Å². The van der Waals surface area contributed by atoms with Crippen LogP contribution >= 0.6 is 22.7 Å². The zero-order chi connectivity index (χ0) is 11.7. The summed E-state index contributed by atoms with van der Waals surface area (Å²) >= 11 is 3.26. The molecule has 0 spiro atoms. The molecule has 0 fully saturated rings. The molecule has 0 amide bonds. The molecule has 0 unspecified atom stereocenters. The van der Waals surface area contributed by atoms with E-state index < -0.39 is 0 Å². The summed E-state index contributed by atoms with van der Waals surface area (Å²) in [6.45, 7) is 0. The first-order chi connectivity index (χ1) is 8.33. The number of hydrogen-bond acceptors (Lipinski definition) is 5. The normalized spacial score (nSPS) is 10.6. The monoisotopic (exact) mass is 259 g/mol. The lowest BCUT2D eigenvalue weighted by atomic mass is 10.2. The highest BCUT2D eigenvalue weighted by Crippen LogP contribution is 2.32. The number of nitrogen functional groups attached to an aromatic ring is 1. The molecule has 0 radical (unpaired) electrons. The third-order valence-electron chi connectivity index (χ3n) is 2.29. The number of benzene rings is 1. The smallest absolute Gasteiger partial charge is 0.158 e. The standard InChI is InChI=1S/C12H9N3S2/c13-9-4-1-3-8(7-9)11-14-15-12(17-11)10-5-2-6-16-10/h1-7H,13H2. The highest BCUT2D eigenvalue weighted by Gasteiger charge is 2.09. The quantitative estimate of drug-likeness (QED) is 0.716. The average molecular weight is 259 g/mol. The maximum Gasteiger partial charge on any atom is 0.158 e. The molecular formula is C12H9N3S2. The lowest BCUT2D eigenvalue weighted by molar-refractivity contribution is 1.10. The Hall–Kier alpha value is -1.72. The number of nitrogens with two attached hydrogens (primary N) is 1. The fourth-order valence-corrected chi connectivity index (χ4v) is 3.14. The van der Waals surface area contributed by atoms with E-state index in [1.807, 2.05) is 41.8 Å². The minimum Gasteiger partial charge on any atom is -0.399 e. The zero-order valence-electron chi connectivity index (χ0n) is 8.83. The van der Waals surface area contributed by atoms with Crippen LogP contribution in [0.3, 0.4) is 0 Å². The second-order valence-corrected chi connectivity index (χ2v) is 5.44. The Morgan fingerprint density at radius 1 is 1.00 bits per heavy atom. The van der Waals surface area contributed by atoms with Crippen molar-refractivity contribution in [1.29, 1.82) is 0 Å². The van der Waals surface area contributed by atoms with Crippen molar-refractivity contribution in [3.05, 3.63) is 41.8 Å². The van der Waals surface area contributed by atoms with Crippen LogP contribution in [0.15, 0.2) is 41.8 Å². The van der Waals surface area contributed by atoms with Gasteiger partial charge in [-0.25, -0.2) is 0 Å². The molecule has 0 aliphatic carbocycles. The molecule has 3 aromatic rings. The number of hydrogen-bond donors (Lipinski definition) is 1. The summed E-state index contributed by atoms with van der Waals surface area (Å²) in [6, 6.07) is 11.8. The lowest BCUT2D eigenvalue weighted by Crippen LogP contribution is -1.84. The van der Waals surface area contributed by atoms with E-state index in [9.17, 15) is 0 Å². The molecule has 3 nitrogen and oxygen atoms in total. The molecule has 0 saturated heterocycles. The Bertz CT molecular complexity index is 629. The van der Waals surface area contributed by atoms with Crippen molar-refractivity contribution in [2.24, 2.45) is 0 Å². The zero-order valence-corrected chi connectivity index (χ0v) is 10.5. The van der Waals surface area contributed by atoms with Crippen molar-refractivity contribution < 1.29 is 0 Å². The van der Waals surface area contributed by atoms with Crippen molar-refractivity contribution >= 4 is 28.4 Å². The van der Waals surface area contributed by atoms with Gasteiger partial charge in [-0.15, -0.1) is 21.5 Å². The molecule has 3 rings (SSSR count). The van der Waals surface area contributed by atoms with Gasteiger partial charge < -0.3 is 5.73 Å². The van der Waals surface area contributed by atoms with E-state index in [1.165, 1.54) is 0 Å². The van der Waals surface area contributed by atoms with Gasteiger partial charge in [-0.1, -0.05) is 29.5 Å². The first-order valence-electron chi connectivity index (χ1n) is 5.06. The van der Waals surface area contributed by atoms with Gasteiger partial charge in [-0.05, 0) is 23.6 Å². The first kappa shape index (κ1) is 10.4. The van der Waals surface area contributed by atoms with Crippen LogP contribution in [-0.4, -0.2) is 10.2 Å². The van der Waals surface area contributed by atoms with E-state index in [0.717, 1.165) is 26.1 Å². The predicted octanol–water partition coefficient (Wildman–Crippen LogP) is 3.52. The summed E-state index contributed by atoms with van der Waals surface area (Å²) in [7, 11) is 0. The lowest BCUT2D eigenvalue weighted by Gasteiger charge is -1.95. The van der Waals surface area contributed by atoms with Crippen molar-refractivity contribution in [2.75, 3.05) is 5.73 Å². The summed E-state index contributed by atoms with van der Waals surface area (Å²) in [5.74, 6) is 0. The third kappa shape index (κ3) is 2.07. The molecule has 5 heteroatoms. The summed E-state index contributed by atoms with van der Waals surface area (Å²) in [5, 5.41) is 12.3. The Morgan fingerprint density at radius 2 is 1.88 bits per heavy atom. The van der Waals surface area contributed by atoms with Crippen LogP contribution in [-0.2, 0) is 0 Å². The minimum atomic E-state index is 0.746. The predicted molar refractivity (Wildman–Crippen MR) is 73.1 cm³/mol. The van der Waals surface area contributed by atoms with Crippen molar-refractivity contribution in [3.63, 3.8) is 0 Å². The molecule has 2 heterocycles. The molecule has 17 heavy (non-hydrogen) atoms. The van der Waals surface area contributed by atoms with Crippen LogP contribution in [0.4, 0.5) is 5.69 Å². The fraction of sp³-hybridized carbons (Fsp3) is 0. The van der Waals surface area contributed by atoms with E-state index in [0.29, 0.717) is 0 Å². The first-order valence-corrected chi connectivity index (χ1v) is 6.76. The number of anilines is 1. The van der Waals surface area contributed by atoms with Crippen molar-refractivity contribution in [3.8, 4) is 20.5 Å². The maximum absolute atomic E-state index is 5.76. The van der Waals surface area contributed by atoms with Gasteiger partial charge in [-0.3, -0.25) is 0 Å². The van der Waals surface area contributed by atoms with Crippen LogP contribution in [0.5, 0.6) is 0 Å². The Balaban J connectivity index is 2.01. The van der Waals surface area contributed by atoms with Gasteiger partial charge in [0.05, 0.1) is 4.88 Å². The highest BCUT2D eigenvalue weighted by molar-refractivity contribution is 7.22. The van der Waals surface area contributed by atoms with Crippen LogP contribution in [0.1, 0.15) is 0 Å². The Kier molecular flexibility index (Phi) is 2.62. The fourth-order valence-electron chi connectivity index (χ4n) is 1.51. The largest absolute Gasteiger partial charge is 0.399 e. The molecule has 0 saturated carbocycles. The molecule has 2 aromatic heterocycles. The van der Waals surface area contributed by atoms with E-state index in [-0.39, 0.29) is 0 Å². The highest BCUT2D eigenvalue weighted by atomic mass is 32.1. The molecule has 0 atom stereocenters. The Labute approximate surface area is 107 Å². The molecule has 84 valence electrons. The molecule has 0 bridgehead atoms. The third-order valence-corrected chi connectivity index (χ3v) is 4.30. The van der Waals surface area contributed by atoms with Crippen LogP contribution in [0.2, 0.25) is 0 Å². The summed E-state index contributed by atoms with van der Waals surface area (Å²) in [4.78, 5) is 1.15. The molecule has 0 aliphatic heterocycles. The number of thiophene rings is 1. The topological polar surface area (TPSA) is 51.8 Å². The molecule has 2 N–H and O–H groups in total. The van der Waals surface area contributed by atoms with Crippen molar-refractivity contribution in [2.45, 2.75) is 0 Å². The van der Waals surface area contributed by atoms with E-state index >= 15 is 0 Å². The van der Waals surface area contributed by atoms with Gasteiger partial charge in [0.25, 0.3) is 0 Å². The van der Waals surface area contributed by atoms with E-state index in [1.54, 1.807) is 22.7 Å². The number of aromatic nitrogens is 2. The van der Waals surface area contributed by atoms with Crippen LogP contribution in [0.25, 0.3) is 20.5 Å². The molecule has 0 aliphatic rings. The number of nitrogens with zero attached hydrogens (tertiary/aromatic N) is 2. The van der Waals surface area contributed by atoms with Gasteiger partial charge >= 0.3 is 0 Å². The summed E-state index contributed by atoms with van der Waals surface area (Å²) in [5.41, 5.74) is 7.52. The van der Waals surface area contributed by atoms with Gasteiger partial charge in [0.2, 0.25) is 0 Å². The van der Waals surface area contributed by atoms with Gasteiger partial charge in [0, 0.05) is 11.3 Å². The van der Waals surface area contributed by atoms with Gasteiger partial charge in [0.1, 0.15) is 5.01 Å². The summed E-state index contributed by atoms with van der Waals surface area (Å²) in [6.07, 6.45) is 0. The second kappa shape index (κ2) is 4.27. The molecule has 1 aromatic carbocycles. The summed E-state index contributed by atoms with van der Waals surface area (Å²) < 4.78 is 0. The van der Waals surface area contributed by atoms with Crippen LogP contribution < -0.4 is 5.73 Å². The van der Waals surface area contributed by atoms with Crippen LogP contribution in [0, 0.1) is 0 Å². The maximum atomic E-state index is 5.76. The Morgan fingerprint density at radius 3 is 2.65 bits per heavy atom. The van der Waals surface area contributed by atoms with E-state index in [2.05, 4.69) is 10.2 Å². The molecular weight excluding hydrogens is 250 g/mol. The average Bonchev–Trinajstić information content (AvgIpc) is 3.00. The minimum absolute atomic E-state index is 0.746. The van der Waals surface area contributed by atoms with Gasteiger partial charge in [0.15, 0.2) is 5.01 Å².